The van der Waals surface area contributed by atoms with Gasteiger partial charge in [0.25, 0.3) is 0 Å². The lowest BCUT2D eigenvalue weighted by Gasteiger charge is -2.07. The highest BCUT2D eigenvalue weighted by atomic mass is 32.1. The highest BCUT2D eigenvalue weighted by Crippen LogP contribution is 2.19. The van der Waals surface area contributed by atoms with E-state index in [-0.39, 0.29) is 6.04 Å². The maximum atomic E-state index is 6.03. The summed E-state index contributed by atoms with van der Waals surface area (Å²) in [6.45, 7) is 1.94. The smallest absolute Gasteiger partial charge is 0.120 e. The van der Waals surface area contributed by atoms with Crippen LogP contribution in [-0.4, -0.2) is 0 Å². The minimum Gasteiger partial charge on any atom is -0.465 e. The molecule has 0 spiro atoms. The predicted molar refractivity (Wildman–Crippen MR) is 63.0 cm³/mol. The Morgan fingerprint density at radius 3 is 2.87 bits per heavy atom. The number of thiophene rings is 1. The molecule has 0 bridgehead atoms. The standard InChI is InChI=1S/C12H15NOS/c1-9-2-5-12(14-9)11(13)4-3-10-6-7-15-8-10/h2,5-8,11H,3-4,13H2,1H3. The lowest BCUT2D eigenvalue weighted by molar-refractivity contribution is 0.435. The zero-order valence-electron chi connectivity index (χ0n) is 8.77. The second kappa shape index (κ2) is 4.64. The summed E-state index contributed by atoms with van der Waals surface area (Å²) in [7, 11) is 0. The molecule has 2 N–H and O–H groups in total. The van der Waals surface area contributed by atoms with E-state index in [1.165, 1.54) is 5.56 Å². The minimum absolute atomic E-state index is 0.0126. The summed E-state index contributed by atoms with van der Waals surface area (Å²) in [5.41, 5.74) is 7.39. The Balaban J connectivity index is 1.90. The molecule has 2 nitrogen and oxygen atoms in total. The van der Waals surface area contributed by atoms with E-state index < -0.39 is 0 Å². The molecule has 1 unspecified atom stereocenters. The molecule has 0 aromatic carbocycles. The zero-order chi connectivity index (χ0) is 10.7. The van der Waals surface area contributed by atoms with Crippen LogP contribution < -0.4 is 5.73 Å². The van der Waals surface area contributed by atoms with E-state index >= 15 is 0 Å². The van der Waals surface area contributed by atoms with Crippen LogP contribution in [0.4, 0.5) is 0 Å². The van der Waals surface area contributed by atoms with Gasteiger partial charge in [0.05, 0.1) is 6.04 Å². The van der Waals surface area contributed by atoms with Crippen LogP contribution in [0.1, 0.15) is 29.5 Å². The van der Waals surface area contributed by atoms with Gasteiger partial charge in [-0.2, -0.15) is 11.3 Å². The molecule has 0 amide bonds. The van der Waals surface area contributed by atoms with Crippen molar-refractivity contribution in [2.75, 3.05) is 0 Å². The maximum Gasteiger partial charge on any atom is 0.120 e. The lowest BCUT2D eigenvalue weighted by atomic mass is 10.1. The third kappa shape index (κ3) is 2.70. The highest BCUT2D eigenvalue weighted by molar-refractivity contribution is 7.07. The Morgan fingerprint density at radius 1 is 1.40 bits per heavy atom. The predicted octanol–water partition coefficient (Wildman–Crippen LogP) is 3.28. The zero-order valence-corrected chi connectivity index (χ0v) is 9.59. The third-order valence-electron chi connectivity index (χ3n) is 2.45. The molecule has 0 aliphatic rings. The average Bonchev–Trinajstić information content (AvgIpc) is 2.84. The van der Waals surface area contributed by atoms with E-state index in [1.54, 1.807) is 11.3 Å². The third-order valence-corrected chi connectivity index (χ3v) is 3.18. The molecule has 2 aromatic heterocycles. The summed E-state index contributed by atoms with van der Waals surface area (Å²) in [6.07, 6.45) is 1.95. The first-order valence-corrected chi connectivity index (χ1v) is 6.03. The number of hydrogen-bond acceptors (Lipinski definition) is 3. The van der Waals surface area contributed by atoms with Crippen molar-refractivity contribution in [3.63, 3.8) is 0 Å². The van der Waals surface area contributed by atoms with Gasteiger partial charge >= 0.3 is 0 Å². The molecule has 0 fully saturated rings. The van der Waals surface area contributed by atoms with Crippen molar-refractivity contribution in [2.24, 2.45) is 5.73 Å². The van der Waals surface area contributed by atoms with Crippen molar-refractivity contribution in [1.82, 2.24) is 0 Å². The van der Waals surface area contributed by atoms with Crippen LogP contribution in [0.25, 0.3) is 0 Å². The summed E-state index contributed by atoms with van der Waals surface area (Å²) < 4.78 is 5.49. The first kappa shape index (κ1) is 10.5. The lowest BCUT2D eigenvalue weighted by Crippen LogP contribution is -2.10. The van der Waals surface area contributed by atoms with Gasteiger partial charge in [-0.05, 0) is 54.3 Å². The number of rotatable bonds is 4. The van der Waals surface area contributed by atoms with Gasteiger partial charge in [0.1, 0.15) is 11.5 Å². The second-order valence-corrected chi connectivity index (χ2v) is 4.51. The fourth-order valence-corrected chi connectivity index (χ4v) is 2.26. The molecule has 0 radical (unpaired) electrons. The molecule has 1 atom stereocenters. The summed E-state index contributed by atoms with van der Waals surface area (Å²) in [6, 6.07) is 6.08. The van der Waals surface area contributed by atoms with Crippen LogP contribution in [0, 0.1) is 6.92 Å². The summed E-state index contributed by atoms with van der Waals surface area (Å²) >= 11 is 1.73. The molecule has 0 saturated heterocycles. The van der Waals surface area contributed by atoms with Gasteiger partial charge in [0.15, 0.2) is 0 Å². The SMILES string of the molecule is Cc1ccc(C(N)CCc2ccsc2)o1. The Hall–Kier alpha value is -1.06. The first-order valence-electron chi connectivity index (χ1n) is 5.08. The normalized spacial score (nSPS) is 12.9. The monoisotopic (exact) mass is 221 g/mol. The highest BCUT2D eigenvalue weighted by Gasteiger charge is 2.09. The van der Waals surface area contributed by atoms with Crippen LogP contribution in [0.3, 0.4) is 0 Å². The minimum atomic E-state index is 0.0126. The molecule has 0 saturated carbocycles. The van der Waals surface area contributed by atoms with Gasteiger partial charge in [0.2, 0.25) is 0 Å². The number of furan rings is 1. The molecular weight excluding hydrogens is 206 g/mol. The van der Waals surface area contributed by atoms with Gasteiger partial charge in [-0.25, -0.2) is 0 Å². The average molecular weight is 221 g/mol. The molecule has 0 aliphatic carbocycles. The van der Waals surface area contributed by atoms with Crippen LogP contribution in [-0.2, 0) is 6.42 Å². The van der Waals surface area contributed by atoms with E-state index in [4.69, 9.17) is 10.2 Å². The van der Waals surface area contributed by atoms with Crippen LogP contribution in [0.15, 0.2) is 33.4 Å². The van der Waals surface area contributed by atoms with Gasteiger partial charge in [-0.1, -0.05) is 0 Å². The molecular formula is C12H15NOS. The summed E-state index contributed by atoms with van der Waals surface area (Å²) in [4.78, 5) is 0. The van der Waals surface area contributed by atoms with Crippen LogP contribution in [0.2, 0.25) is 0 Å². The molecule has 2 heterocycles. The van der Waals surface area contributed by atoms with Gasteiger partial charge in [-0.3, -0.25) is 0 Å². The van der Waals surface area contributed by atoms with E-state index in [2.05, 4.69) is 16.8 Å². The molecule has 3 heteroatoms. The Labute approximate surface area is 93.7 Å². The van der Waals surface area contributed by atoms with Gasteiger partial charge < -0.3 is 10.2 Å². The Bertz CT molecular complexity index is 405. The first-order chi connectivity index (χ1) is 7.25. The van der Waals surface area contributed by atoms with E-state index in [0.29, 0.717) is 0 Å². The Morgan fingerprint density at radius 2 is 2.27 bits per heavy atom. The number of hydrogen-bond donors (Lipinski definition) is 1. The van der Waals surface area contributed by atoms with E-state index in [1.807, 2.05) is 19.1 Å². The summed E-state index contributed by atoms with van der Waals surface area (Å²) in [5.74, 6) is 1.82. The largest absolute Gasteiger partial charge is 0.465 e. The fraction of sp³-hybridized carbons (Fsp3) is 0.333. The van der Waals surface area contributed by atoms with Crippen molar-refractivity contribution in [2.45, 2.75) is 25.8 Å². The maximum absolute atomic E-state index is 6.03. The number of aryl methyl sites for hydroxylation is 2. The van der Waals surface area contributed by atoms with Crippen molar-refractivity contribution in [1.29, 1.82) is 0 Å². The molecule has 80 valence electrons. The van der Waals surface area contributed by atoms with Crippen molar-refractivity contribution in [3.8, 4) is 0 Å². The van der Waals surface area contributed by atoms with Gasteiger partial charge in [0, 0.05) is 0 Å². The fourth-order valence-electron chi connectivity index (χ4n) is 1.55. The quantitative estimate of drug-likeness (QED) is 0.860. The molecule has 0 aliphatic heterocycles. The van der Waals surface area contributed by atoms with Crippen LogP contribution >= 0.6 is 11.3 Å². The van der Waals surface area contributed by atoms with Crippen LogP contribution in [0.5, 0.6) is 0 Å². The van der Waals surface area contributed by atoms with Crippen molar-refractivity contribution >= 4 is 11.3 Å². The Kier molecular flexibility index (Phi) is 3.23. The van der Waals surface area contributed by atoms with E-state index in [9.17, 15) is 0 Å². The molecule has 2 rings (SSSR count). The van der Waals surface area contributed by atoms with Crippen molar-refractivity contribution < 1.29 is 4.42 Å². The summed E-state index contributed by atoms with van der Waals surface area (Å²) in [5, 5.41) is 4.26. The molecule has 15 heavy (non-hydrogen) atoms. The van der Waals surface area contributed by atoms with Crippen molar-refractivity contribution in [3.05, 3.63) is 46.0 Å². The molecule has 2 aromatic rings. The number of nitrogens with two attached hydrogens (primary N) is 1. The van der Waals surface area contributed by atoms with Gasteiger partial charge in [-0.15, -0.1) is 0 Å². The second-order valence-electron chi connectivity index (χ2n) is 3.73. The topological polar surface area (TPSA) is 39.2 Å². The van der Waals surface area contributed by atoms with E-state index in [0.717, 1.165) is 24.4 Å².